The van der Waals surface area contributed by atoms with Crippen molar-refractivity contribution in [3.63, 3.8) is 0 Å². The summed E-state index contributed by atoms with van der Waals surface area (Å²) in [6.45, 7) is -0.241. The molecule has 0 heterocycles. The van der Waals surface area contributed by atoms with Crippen molar-refractivity contribution in [1.82, 2.24) is 0 Å². The Morgan fingerprint density at radius 1 is 0.667 bits per heavy atom. The summed E-state index contributed by atoms with van der Waals surface area (Å²) in [7, 11) is 0. The van der Waals surface area contributed by atoms with E-state index in [4.69, 9.17) is 34.4 Å². The summed E-state index contributed by atoms with van der Waals surface area (Å²) in [5, 5.41) is 20.2. The van der Waals surface area contributed by atoms with Crippen LogP contribution in [-0.4, -0.2) is 93.1 Å². The lowest BCUT2D eigenvalue weighted by Gasteiger charge is -2.43. The Morgan fingerprint density at radius 3 is 1.24 bits per heavy atom. The van der Waals surface area contributed by atoms with Crippen LogP contribution in [0.2, 0.25) is 0 Å². The van der Waals surface area contributed by atoms with Gasteiger partial charge in [0.1, 0.15) is 34.0 Å². The lowest BCUT2D eigenvalue weighted by molar-refractivity contribution is -0.166. The maximum atomic E-state index is 13.9. The van der Waals surface area contributed by atoms with Gasteiger partial charge in [-0.15, -0.1) is 0 Å². The van der Waals surface area contributed by atoms with Gasteiger partial charge in [0.05, 0.1) is 12.1 Å². The van der Waals surface area contributed by atoms with Crippen molar-refractivity contribution in [3.8, 4) is 0 Å². The first-order valence-corrected chi connectivity index (χ1v) is 13.7. The zero-order valence-electron chi connectivity index (χ0n) is 23.3. The molecule has 0 aromatic heterocycles. The molecular formula is C26H40N6O10. The Balaban J connectivity index is 2.70. The molecular weight excluding hydrogens is 556 g/mol. The number of nitrogens with two attached hydrogens (primary N) is 6. The molecule has 16 nitrogen and oxygen atoms in total. The van der Waals surface area contributed by atoms with Crippen molar-refractivity contribution in [2.24, 2.45) is 45.2 Å². The largest absolute Gasteiger partial charge is 0.479 e. The first-order valence-electron chi connectivity index (χ1n) is 13.7. The number of rotatable bonds is 13. The van der Waals surface area contributed by atoms with E-state index in [1.165, 1.54) is 0 Å². The number of hydrogen-bond donors (Lipinski definition) is 8. The molecule has 2 rings (SSSR count). The average molecular weight is 597 g/mol. The lowest BCUT2D eigenvalue weighted by atomic mass is 9.57. The number of carbonyl (C=O) groups is 8. The molecule has 0 aromatic rings. The minimum Gasteiger partial charge on any atom is -0.479 e. The van der Waals surface area contributed by atoms with Crippen LogP contribution >= 0.6 is 0 Å². The predicted octanol–water partition coefficient (Wildman–Crippen LogP) is -3.56. The highest BCUT2D eigenvalue weighted by molar-refractivity contribution is 6.26. The van der Waals surface area contributed by atoms with E-state index in [0.717, 1.165) is 0 Å². The summed E-state index contributed by atoms with van der Waals surface area (Å²) >= 11 is 0. The van der Waals surface area contributed by atoms with E-state index in [1.807, 2.05) is 0 Å². The molecule has 0 bridgehead atoms. The fraction of sp³-hybridized carbons (Fsp3) is 0.692. The first-order chi connectivity index (χ1) is 19.5. The summed E-state index contributed by atoms with van der Waals surface area (Å²) in [6, 6.07) is -2.95. The minimum atomic E-state index is -3.11. The monoisotopic (exact) mass is 596 g/mol. The second-order valence-corrected chi connectivity index (χ2v) is 11.0. The van der Waals surface area contributed by atoms with Crippen LogP contribution in [0.25, 0.3) is 0 Å². The van der Waals surface area contributed by atoms with E-state index in [-0.39, 0.29) is 38.8 Å². The molecule has 14 N–H and O–H groups in total. The van der Waals surface area contributed by atoms with Crippen LogP contribution in [0.3, 0.4) is 0 Å². The number of aliphatic carboxylic acids is 2. The Morgan fingerprint density at radius 2 is 0.976 bits per heavy atom. The molecule has 2 fully saturated rings. The molecule has 0 amide bonds. The van der Waals surface area contributed by atoms with Gasteiger partial charge in [0, 0.05) is 25.7 Å². The molecule has 2 saturated carbocycles. The Labute approximate surface area is 241 Å². The molecule has 0 aromatic carbocycles. The van der Waals surface area contributed by atoms with Gasteiger partial charge in [-0.05, 0) is 51.6 Å². The smallest absolute Gasteiger partial charge is 0.333 e. The third kappa shape index (κ3) is 5.11. The summed E-state index contributed by atoms with van der Waals surface area (Å²) in [5.74, 6) is -10.9. The summed E-state index contributed by atoms with van der Waals surface area (Å²) in [6.07, 6.45) is -4.75. The van der Waals surface area contributed by atoms with Gasteiger partial charge in [0.25, 0.3) is 0 Å². The molecule has 16 heteroatoms. The lowest BCUT2D eigenvalue weighted by Crippen LogP contribution is -2.73. The highest BCUT2D eigenvalue weighted by Crippen LogP contribution is 2.46. The fourth-order valence-corrected chi connectivity index (χ4v) is 6.37. The second-order valence-electron chi connectivity index (χ2n) is 11.0. The minimum absolute atomic E-state index is 0.115. The number of carbonyl (C=O) groups excluding carboxylic acids is 6. The topological polar surface area (TPSA) is 333 Å². The van der Waals surface area contributed by atoms with Gasteiger partial charge in [0.15, 0.2) is 22.6 Å². The van der Waals surface area contributed by atoms with Crippen LogP contribution in [-0.2, 0) is 38.4 Å². The number of carboxylic acids is 2. The third-order valence-electron chi connectivity index (χ3n) is 8.83. The first kappa shape index (κ1) is 34.9. The molecule has 6 atom stereocenters. The highest BCUT2D eigenvalue weighted by Gasteiger charge is 2.70. The van der Waals surface area contributed by atoms with Crippen LogP contribution in [0.1, 0.15) is 64.2 Å². The molecule has 0 spiro atoms. The number of ketones is 6. The zero-order chi connectivity index (χ0) is 32.3. The fourth-order valence-electron chi connectivity index (χ4n) is 6.37. The molecule has 0 aliphatic heterocycles. The summed E-state index contributed by atoms with van der Waals surface area (Å²) < 4.78 is 0. The zero-order valence-corrected chi connectivity index (χ0v) is 23.3. The van der Waals surface area contributed by atoms with Crippen LogP contribution < -0.4 is 34.4 Å². The van der Waals surface area contributed by atoms with Crippen molar-refractivity contribution in [2.75, 3.05) is 13.1 Å². The van der Waals surface area contributed by atoms with E-state index < -0.39 is 119 Å². The maximum absolute atomic E-state index is 13.9. The van der Waals surface area contributed by atoms with Gasteiger partial charge in [0.2, 0.25) is 0 Å². The van der Waals surface area contributed by atoms with Gasteiger partial charge in [-0.1, -0.05) is 0 Å². The van der Waals surface area contributed by atoms with Crippen molar-refractivity contribution < 1.29 is 48.6 Å². The molecule has 2 aliphatic rings. The molecule has 0 radical (unpaired) electrons. The quantitative estimate of drug-likeness (QED) is 0.0752. The predicted molar refractivity (Wildman–Crippen MR) is 144 cm³/mol. The van der Waals surface area contributed by atoms with Crippen molar-refractivity contribution in [2.45, 2.75) is 87.4 Å². The van der Waals surface area contributed by atoms with Crippen LogP contribution in [0.4, 0.5) is 0 Å². The van der Waals surface area contributed by atoms with Gasteiger partial charge in [-0.2, -0.15) is 0 Å². The SMILES string of the molecule is NCCCC1(C(=O)CCC(=O)C2(CCCN)C(=O)CCC(N)C(=O)C2(N)C(=O)O)C(=O)CCC(N)C(=O)C1(N)C(=O)O. The molecule has 2 aliphatic carbocycles. The van der Waals surface area contributed by atoms with E-state index in [0.29, 0.717) is 0 Å². The van der Waals surface area contributed by atoms with E-state index in [2.05, 4.69) is 0 Å². The van der Waals surface area contributed by atoms with Crippen LogP contribution in [0, 0.1) is 10.8 Å². The van der Waals surface area contributed by atoms with Crippen molar-refractivity contribution in [3.05, 3.63) is 0 Å². The molecule has 0 saturated heterocycles. The van der Waals surface area contributed by atoms with E-state index in [9.17, 15) is 48.6 Å². The molecule has 42 heavy (non-hydrogen) atoms. The molecule has 234 valence electrons. The number of hydrogen-bond acceptors (Lipinski definition) is 14. The average Bonchev–Trinajstić information content (AvgIpc) is 3.07. The van der Waals surface area contributed by atoms with E-state index in [1.54, 1.807) is 0 Å². The second kappa shape index (κ2) is 12.9. The normalized spacial score (nSPS) is 34.0. The number of Topliss-reactive ketones (excluding diaryl/α,β-unsaturated/α-hetero) is 6. The van der Waals surface area contributed by atoms with Gasteiger partial charge in [-0.3, -0.25) is 28.8 Å². The van der Waals surface area contributed by atoms with Gasteiger partial charge >= 0.3 is 11.9 Å². The van der Waals surface area contributed by atoms with Crippen molar-refractivity contribution >= 4 is 46.6 Å². The third-order valence-corrected chi connectivity index (χ3v) is 8.83. The summed E-state index contributed by atoms with van der Waals surface area (Å²) in [5.41, 5.74) is 23.5. The van der Waals surface area contributed by atoms with Crippen molar-refractivity contribution in [1.29, 1.82) is 0 Å². The van der Waals surface area contributed by atoms with E-state index >= 15 is 0 Å². The van der Waals surface area contributed by atoms with Crippen LogP contribution in [0.5, 0.6) is 0 Å². The summed E-state index contributed by atoms with van der Waals surface area (Å²) in [4.78, 5) is 106. The number of carboxylic acid groups (broad SMARTS) is 2. The Bertz CT molecular complexity index is 1100. The molecule has 6 unspecified atom stereocenters. The maximum Gasteiger partial charge on any atom is 0.333 e. The Kier molecular flexibility index (Phi) is 10.7. The highest BCUT2D eigenvalue weighted by atomic mass is 16.4. The van der Waals surface area contributed by atoms with Gasteiger partial charge < -0.3 is 44.6 Å². The Hall–Kier alpha value is -3.28. The standard InChI is InChI=1S/C26H40N6O10/c27-11-1-9-23(15(33)5-3-13(29)19(37)25(23,31)21(39)40)17(35)7-8-18(36)24(10-2-12-28)16(34)6-4-14(30)20(38)26(24,32)22(41)42/h13-14H,1-12,27-32H2,(H,39,40)(H,41,42). The van der Waals surface area contributed by atoms with Gasteiger partial charge in [-0.25, -0.2) is 9.59 Å². The van der Waals surface area contributed by atoms with Crippen LogP contribution in [0.15, 0.2) is 0 Å².